The molecule has 1 atom stereocenters. The summed E-state index contributed by atoms with van der Waals surface area (Å²) >= 11 is 0. The van der Waals surface area contributed by atoms with E-state index in [0.717, 1.165) is 30.8 Å². The second-order valence-corrected chi connectivity index (χ2v) is 4.79. The number of hydrogen-bond acceptors (Lipinski definition) is 3. The molecule has 1 aliphatic rings. The Morgan fingerprint density at radius 2 is 1.94 bits per heavy atom. The molecule has 1 unspecified atom stereocenters. The fraction of sp³-hybridized carbons (Fsp3) is 0.571. The second kappa shape index (κ2) is 4.96. The van der Waals surface area contributed by atoms with Crippen LogP contribution in [0.15, 0.2) is 24.3 Å². The molecule has 0 spiro atoms. The van der Waals surface area contributed by atoms with Crippen molar-refractivity contribution in [3.63, 3.8) is 0 Å². The molecule has 17 heavy (non-hydrogen) atoms. The Bertz CT molecular complexity index is 369. The third-order valence-corrected chi connectivity index (χ3v) is 3.71. The van der Waals surface area contributed by atoms with Crippen LogP contribution in [0.3, 0.4) is 0 Å². The largest absolute Gasteiger partial charge is 0.493 e. The molecule has 0 aliphatic heterocycles. The molecule has 0 amide bonds. The molecular weight excluding hydrogens is 216 g/mol. The first-order valence-corrected chi connectivity index (χ1v) is 6.12. The SMILES string of the molecule is COc1ccccc1OCCC1(C(C)O)CC1. The first-order valence-electron chi connectivity index (χ1n) is 6.12. The van der Waals surface area contributed by atoms with Gasteiger partial charge in [-0.25, -0.2) is 0 Å². The van der Waals surface area contributed by atoms with Gasteiger partial charge >= 0.3 is 0 Å². The fourth-order valence-electron chi connectivity index (χ4n) is 2.14. The molecule has 0 aromatic heterocycles. The number of rotatable bonds is 6. The summed E-state index contributed by atoms with van der Waals surface area (Å²) < 4.78 is 10.9. The number of aliphatic hydroxyl groups is 1. The van der Waals surface area contributed by atoms with E-state index in [2.05, 4.69) is 0 Å². The van der Waals surface area contributed by atoms with Gasteiger partial charge in [0.05, 0.1) is 19.8 Å². The minimum absolute atomic E-state index is 0.113. The average molecular weight is 236 g/mol. The topological polar surface area (TPSA) is 38.7 Å². The van der Waals surface area contributed by atoms with Gasteiger partial charge in [0, 0.05) is 0 Å². The number of para-hydroxylation sites is 2. The van der Waals surface area contributed by atoms with E-state index in [-0.39, 0.29) is 11.5 Å². The van der Waals surface area contributed by atoms with Gasteiger partial charge in [0.2, 0.25) is 0 Å². The Morgan fingerprint density at radius 3 is 2.47 bits per heavy atom. The van der Waals surface area contributed by atoms with Crippen LogP contribution in [0, 0.1) is 5.41 Å². The fourth-order valence-corrected chi connectivity index (χ4v) is 2.14. The molecule has 1 aromatic rings. The molecule has 1 fully saturated rings. The summed E-state index contributed by atoms with van der Waals surface area (Å²) in [5, 5.41) is 9.66. The van der Waals surface area contributed by atoms with E-state index in [9.17, 15) is 5.11 Å². The van der Waals surface area contributed by atoms with Crippen LogP contribution in [-0.2, 0) is 0 Å². The highest BCUT2D eigenvalue weighted by Gasteiger charge is 2.46. The lowest BCUT2D eigenvalue weighted by Crippen LogP contribution is -2.20. The summed E-state index contributed by atoms with van der Waals surface area (Å²) in [4.78, 5) is 0. The Balaban J connectivity index is 1.86. The van der Waals surface area contributed by atoms with Gasteiger partial charge in [-0.1, -0.05) is 12.1 Å². The molecule has 0 saturated heterocycles. The molecule has 3 heteroatoms. The molecular formula is C14H20O3. The number of benzene rings is 1. The third kappa shape index (κ3) is 2.72. The Hall–Kier alpha value is -1.22. The predicted molar refractivity (Wildman–Crippen MR) is 66.5 cm³/mol. The summed E-state index contributed by atoms with van der Waals surface area (Å²) in [6.07, 6.45) is 2.89. The van der Waals surface area contributed by atoms with Crippen LogP contribution in [0.1, 0.15) is 26.2 Å². The van der Waals surface area contributed by atoms with E-state index in [1.807, 2.05) is 31.2 Å². The van der Waals surface area contributed by atoms with Crippen molar-refractivity contribution in [1.29, 1.82) is 0 Å². The molecule has 0 bridgehead atoms. The molecule has 94 valence electrons. The van der Waals surface area contributed by atoms with Crippen LogP contribution in [0.2, 0.25) is 0 Å². The smallest absolute Gasteiger partial charge is 0.161 e. The van der Waals surface area contributed by atoms with Crippen LogP contribution < -0.4 is 9.47 Å². The van der Waals surface area contributed by atoms with E-state index in [1.54, 1.807) is 7.11 Å². The Labute approximate surface area is 102 Å². The Kier molecular flexibility index (Phi) is 3.57. The van der Waals surface area contributed by atoms with Gasteiger partial charge in [0.15, 0.2) is 11.5 Å². The van der Waals surface area contributed by atoms with Crippen LogP contribution in [0.25, 0.3) is 0 Å². The maximum atomic E-state index is 9.66. The Morgan fingerprint density at radius 1 is 1.29 bits per heavy atom. The van der Waals surface area contributed by atoms with Gasteiger partial charge in [-0.2, -0.15) is 0 Å². The van der Waals surface area contributed by atoms with E-state index in [4.69, 9.17) is 9.47 Å². The number of hydrogen-bond donors (Lipinski definition) is 1. The zero-order chi connectivity index (χ0) is 12.3. The number of aliphatic hydroxyl groups excluding tert-OH is 1. The summed E-state index contributed by atoms with van der Waals surface area (Å²) in [5.74, 6) is 1.53. The lowest BCUT2D eigenvalue weighted by molar-refractivity contribution is 0.0921. The van der Waals surface area contributed by atoms with Crippen molar-refractivity contribution in [2.75, 3.05) is 13.7 Å². The maximum Gasteiger partial charge on any atom is 0.161 e. The van der Waals surface area contributed by atoms with Crippen molar-refractivity contribution >= 4 is 0 Å². The lowest BCUT2D eigenvalue weighted by Gasteiger charge is -2.19. The minimum atomic E-state index is -0.233. The normalized spacial score (nSPS) is 18.5. The van der Waals surface area contributed by atoms with Crippen molar-refractivity contribution in [1.82, 2.24) is 0 Å². The first kappa shape index (κ1) is 12.2. The van der Waals surface area contributed by atoms with Gasteiger partial charge in [-0.05, 0) is 43.7 Å². The number of methoxy groups -OCH3 is 1. The molecule has 0 heterocycles. The van der Waals surface area contributed by atoms with Crippen LogP contribution in [-0.4, -0.2) is 24.9 Å². The van der Waals surface area contributed by atoms with Crippen molar-refractivity contribution in [2.24, 2.45) is 5.41 Å². The lowest BCUT2D eigenvalue weighted by atomic mass is 9.97. The monoisotopic (exact) mass is 236 g/mol. The van der Waals surface area contributed by atoms with Crippen LogP contribution >= 0.6 is 0 Å². The predicted octanol–water partition coefficient (Wildman–Crippen LogP) is 2.63. The highest BCUT2D eigenvalue weighted by atomic mass is 16.5. The first-order chi connectivity index (χ1) is 8.18. The minimum Gasteiger partial charge on any atom is -0.493 e. The summed E-state index contributed by atoms with van der Waals surface area (Å²) in [5.41, 5.74) is 0.113. The highest BCUT2D eigenvalue weighted by molar-refractivity contribution is 5.39. The van der Waals surface area contributed by atoms with Gasteiger partial charge < -0.3 is 14.6 Å². The quantitative estimate of drug-likeness (QED) is 0.825. The van der Waals surface area contributed by atoms with Crippen molar-refractivity contribution in [3.8, 4) is 11.5 Å². The molecule has 1 aromatic carbocycles. The van der Waals surface area contributed by atoms with Gasteiger partial charge in [0.25, 0.3) is 0 Å². The zero-order valence-corrected chi connectivity index (χ0v) is 10.5. The van der Waals surface area contributed by atoms with Crippen molar-refractivity contribution in [3.05, 3.63) is 24.3 Å². The van der Waals surface area contributed by atoms with Crippen LogP contribution in [0.4, 0.5) is 0 Å². The van der Waals surface area contributed by atoms with E-state index in [0.29, 0.717) is 6.61 Å². The van der Waals surface area contributed by atoms with Gasteiger partial charge in [-0.3, -0.25) is 0 Å². The average Bonchev–Trinajstić information content (AvgIpc) is 3.11. The van der Waals surface area contributed by atoms with Gasteiger partial charge in [0.1, 0.15) is 0 Å². The van der Waals surface area contributed by atoms with Gasteiger partial charge in [-0.15, -0.1) is 0 Å². The number of ether oxygens (including phenoxy) is 2. The summed E-state index contributed by atoms with van der Waals surface area (Å²) in [6, 6.07) is 7.64. The third-order valence-electron chi connectivity index (χ3n) is 3.71. The molecule has 1 saturated carbocycles. The van der Waals surface area contributed by atoms with E-state index in [1.165, 1.54) is 0 Å². The zero-order valence-electron chi connectivity index (χ0n) is 10.5. The summed E-state index contributed by atoms with van der Waals surface area (Å²) in [7, 11) is 1.64. The summed E-state index contributed by atoms with van der Waals surface area (Å²) in [6.45, 7) is 2.50. The molecule has 1 N–H and O–H groups in total. The maximum absolute atomic E-state index is 9.66. The van der Waals surface area contributed by atoms with E-state index < -0.39 is 0 Å². The highest BCUT2D eigenvalue weighted by Crippen LogP contribution is 2.51. The molecule has 0 radical (unpaired) electrons. The van der Waals surface area contributed by atoms with E-state index >= 15 is 0 Å². The van der Waals surface area contributed by atoms with Crippen molar-refractivity contribution < 1.29 is 14.6 Å². The molecule has 2 rings (SSSR count). The second-order valence-electron chi connectivity index (χ2n) is 4.79. The standard InChI is InChI=1S/C14H20O3/c1-11(15)14(7-8-14)9-10-17-13-6-4-3-5-12(13)16-2/h3-6,11,15H,7-10H2,1-2H3. The van der Waals surface area contributed by atoms with Crippen molar-refractivity contribution in [2.45, 2.75) is 32.3 Å². The van der Waals surface area contributed by atoms with Crippen LogP contribution in [0.5, 0.6) is 11.5 Å². The molecule has 3 nitrogen and oxygen atoms in total. The molecule has 1 aliphatic carbocycles.